The van der Waals surface area contributed by atoms with Crippen molar-refractivity contribution in [1.82, 2.24) is 0 Å². The zero-order chi connectivity index (χ0) is 11.1. The average Bonchev–Trinajstić information content (AvgIpc) is 2.20. The largest absolute Gasteiger partial charge is 0.501 e. The Morgan fingerprint density at radius 1 is 1.47 bits per heavy atom. The molecule has 0 amide bonds. The maximum atomic E-state index is 13.2. The highest BCUT2D eigenvalue weighted by molar-refractivity contribution is 6.30. The molecule has 1 aromatic carbocycles. The van der Waals surface area contributed by atoms with Crippen LogP contribution in [0.1, 0.15) is 25.3 Å². The summed E-state index contributed by atoms with van der Waals surface area (Å²) in [5, 5.41) is 0.400. The van der Waals surface area contributed by atoms with Crippen LogP contribution in [0.2, 0.25) is 5.02 Å². The highest BCUT2D eigenvalue weighted by atomic mass is 35.5. The summed E-state index contributed by atoms with van der Waals surface area (Å²) in [6.07, 6.45) is 5.21. The van der Waals surface area contributed by atoms with Crippen molar-refractivity contribution in [3.05, 3.63) is 40.9 Å². The van der Waals surface area contributed by atoms with Crippen LogP contribution in [0.3, 0.4) is 0 Å². The Labute approximate surface area is 94.5 Å². The number of ether oxygens (including phenoxy) is 1. The molecular formula is C12H14ClFO. The van der Waals surface area contributed by atoms with E-state index in [0.29, 0.717) is 17.2 Å². The Hall–Kier alpha value is -1.02. The smallest absolute Gasteiger partial charge is 0.132 e. The molecule has 1 nitrogen and oxygen atoms in total. The van der Waals surface area contributed by atoms with Crippen molar-refractivity contribution in [2.24, 2.45) is 0 Å². The van der Waals surface area contributed by atoms with Crippen LogP contribution in [-0.2, 0) is 4.74 Å². The number of rotatable bonds is 5. The molecule has 1 aromatic rings. The van der Waals surface area contributed by atoms with Gasteiger partial charge in [0.1, 0.15) is 5.82 Å². The van der Waals surface area contributed by atoms with Crippen LogP contribution in [0.4, 0.5) is 4.39 Å². The summed E-state index contributed by atoms with van der Waals surface area (Å²) in [4.78, 5) is 0. The molecule has 0 aromatic heterocycles. The van der Waals surface area contributed by atoms with Gasteiger partial charge >= 0.3 is 0 Å². The molecule has 0 heterocycles. The van der Waals surface area contributed by atoms with Gasteiger partial charge in [-0.3, -0.25) is 0 Å². The molecule has 0 aliphatic carbocycles. The monoisotopic (exact) mass is 228 g/mol. The Bertz CT molecular complexity index is 336. The van der Waals surface area contributed by atoms with Crippen LogP contribution in [0.5, 0.6) is 0 Å². The van der Waals surface area contributed by atoms with Crippen LogP contribution in [0, 0.1) is 5.82 Å². The first-order valence-electron chi connectivity index (χ1n) is 4.97. The Kier molecular flexibility index (Phi) is 5.19. The van der Waals surface area contributed by atoms with E-state index in [0.717, 1.165) is 12.8 Å². The third-order valence-corrected chi connectivity index (χ3v) is 2.16. The molecule has 82 valence electrons. The van der Waals surface area contributed by atoms with Crippen molar-refractivity contribution in [2.75, 3.05) is 6.61 Å². The van der Waals surface area contributed by atoms with E-state index in [2.05, 4.69) is 6.92 Å². The van der Waals surface area contributed by atoms with Crippen LogP contribution in [0.15, 0.2) is 24.5 Å². The van der Waals surface area contributed by atoms with Gasteiger partial charge in [-0.1, -0.05) is 31.0 Å². The van der Waals surface area contributed by atoms with Gasteiger partial charge in [-0.2, -0.15) is 0 Å². The molecule has 0 atom stereocenters. The standard InChI is InChI=1S/C12H14ClFO/c1-2-3-7-15-8-6-10-4-5-11(13)9-12(10)14/h4-6,8-9H,2-3,7H2,1H3/b8-6+. The van der Waals surface area contributed by atoms with Gasteiger partial charge in [-0.05, 0) is 24.6 Å². The summed E-state index contributed by atoms with van der Waals surface area (Å²) in [5.41, 5.74) is 0.482. The van der Waals surface area contributed by atoms with Crippen LogP contribution in [-0.4, -0.2) is 6.61 Å². The molecule has 0 unspecified atom stereocenters. The lowest BCUT2D eigenvalue weighted by Crippen LogP contribution is -1.86. The molecule has 1 rings (SSSR count). The van der Waals surface area contributed by atoms with Crippen molar-refractivity contribution in [3.63, 3.8) is 0 Å². The zero-order valence-corrected chi connectivity index (χ0v) is 9.43. The van der Waals surface area contributed by atoms with E-state index in [-0.39, 0.29) is 5.82 Å². The quantitative estimate of drug-likeness (QED) is 0.540. The summed E-state index contributed by atoms with van der Waals surface area (Å²) in [6, 6.07) is 4.56. The molecule has 0 aliphatic heterocycles. The lowest BCUT2D eigenvalue weighted by atomic mass is 10.2. The van der Waals surface area contributed by atoms with Gasteiger partial charge in [-0.25, -0.2) is 4.39 Å². The SMILES string of the molecule is CCCCO/C=C/c1ccc(Cl)cc1F. The fourth-order valence-electron chi connectivity index (χ4n) is 1.05. The second-order valence-electron chi connectivity index (χ2n) is 3.19. The van der Waals surface area contributed by atoms with Crippen molar-refractivity contribution >= 4 is 17.7 Å². The fraction of sp³-hybridized carbons (Fsp3) is 0.333. The molecule has 0 N–H and O–H groups in total. The molecule has 0 radical (unpaired) electrons. The summed E-state index contributed by atoms with van der Waals surface area (Å²) in [7, 11) is 0. The Balaban J connectivity index is 2.49. The Morgan fingerprint density at radius 3 is 2.93 bits per heavy atom. The third kappa shape index (κ3) is 4.34. The number of halogens is 2. The first-order chi connectivity index (χ1) is 7.24. The average molecular weight is 229 g/mol. The summed E-state index contributed by atoms with van der Waals surface area (Å²) in [6.45, 7) is 2.76. The third-order valence-electron chi connectivity index (χ3n) is 1.92. The number of hydrogen-bond acceptors (Lipinski definition) is 1. The molecule has 0 saturated heterocycles. The van der Waals surface area contributed by atoms with E-state index in [1.165, 1.54) is 12.3 Å². The second kappa shape index (κ2) is 6.46. The Morgan fingerprint density at radius 2 is 2.27 bits per heavy atom. The van der Waals surface area contributed by atoms with E-state index >= 15 is 0 Å². The minimum Gasteiger partial charge on any atom is -0.501 e. The van der Waals surface area contributed by atoms with Crippen molar-refractivity contribution in [1.29, 1.82) is 0 Å². The second-order valence-corrected chi connectivity index (χ2v) is 3.63. The van der Waals surface area contributed by atoms with E-state index in [9.17, 15) is 4.39 Å². The molecule has 0 spiro atoms. The number of hydrogen-bond donors (Lipinski definition) is 0. The first kappa shape index (κ1) is 12.1. The van der Waals surface area contributed by atoms with Gasteiger partial charge in [0.2, 0.25) is 0 Å². The summed E-state index contributed by atoms with van der Waals surface area (Å²) >= 11 is 5.62. The molecule has 0 fully saturated rings. The van der Waals surface area contributed by atoms with Gasteiger partial charge < -0.3 is 4.74 Å². The van der Waals surface area contributed by atoms with Crippen LogP contribution < -0.4 is 0 Å². The minimum absolute atomic E-state index is 0.335. The molecule has 3 heteroatoms. The lowest BCUT2D eigenvalue weighted by Gasteiger charge is -1.99. The number of benzene rings is 1. The predicted molar refractivity (Wildman–Crippen MR) is 61.3 cm³/mol. The molecule has 15 heavy (non-hydrogen) atoms. The fourth-order valence-corrected chi connectivity index (χ4v) is 1.21. The van der Waals surface area contributed by atoms with Crippen LogP contribution >= 0.6 is 11.6 Å². The van der Waals surface area contributed by atoms with Crippen molar-refractivity contribution in [3.8, 4) is 0 Å². The van der Waals surface area contributed by atoms with Gasteiger partial charge in [0.25, 0.3) is 0 Å². The highest BCUT2D eigenvalue weighted by Crippen LogP contribution is 2.15. The van der Waals surface area contributed by atoms with Crippen molar-refractivity contribution < 1.29 is 9.13 Å². The molecule has 0 saturated carbocycles. The maximum absolute atomic E-state index is 13.2. The zero-order valence-electron chi connectivity index (χ0n) is 8.67. The maximum Gasteiger partial charge on any atom is 0.132 e. The van der Waals surface area contributed by atoms with E-state index in [4.69, 9.17) is 16.3 Å². The lowest BCUT2D eigenvalue weighted by molar-refractivity contribution is 0.246. The van der Waals surface area contributed by atoms with Gasteiger partial charge in [-0.15, -0.1) is 0 Å². The predicted octanol–water partition coefficient (Wildman–Crippen LogP) is 4.27. The first-order valence-corrected chi connectivity index (χ1v) is 5.35. The highest BCUT2D eigenvalue weighted by Gasteiger charge is 1.98. The van der Waals surface area contributed by atoms with Crippen molar-refractivity contribution in [2.45, 2.75) is 19.8 Å². The minimum atomic E-state index is -0.335. The summed E-state index contributed by atoms with van der Waals surface area (Å²) < 4.78 is 18.4. The number of unbranched alkanes of at least 4 members (excludes halogenated alkanes) is 1. The van der Waals surface area contributed by atoms with Crippen LogP contribution in [0.25, 0.3) is 6.08 Å². The summed E-state index contributed by atoms with van der Waals surface area (Å²) in [5.74, 6) is -0.335. The van der Waals surface area contributed by atoms with E-state index in [1.807, 2.05) is 0 Å². The molecule has 0 bridgehead atoms. The molecular weight excluding hydrogens is 215 g/mol. The van der Waals surface area contributed by atoms with Gasteiger partial charge in [0.15, 0.2) is 0 Å². The van der Waals surface area contributed by atoms with Gasteiger partial charge in [0, 0.05) is 10.6 Å². The van der Waals surface area contributed by atoms with E-state index in [1.54, 1.807) is 18.2 Å². The molecule has 0 aliphatic rings. The normalized spacial score (nSPS) is 10.9. The topological polar surface area (TPSA) is 9.23 Å². The van der Waals surface area contributed by atoms with E-state index < -0.39 is 0 Å². The van der Waals surface area contributed by atoms with Gasteiger partial charge in [0.05, 0.1) is 12.9 Å².